The Hall–Kier alpha value is -2.65. The van der Waals surface area contributed by atoms with Crippen molar-refractivity contribution in [3.8, 4) is 0 Å². The molecule has 2 fully saturated rings. The molecule has 1 heterocycles. The van der Waals surface area contributed by atoms with Crippen LogP contribution in [0.4, 0.5) is 15.8 Å². The molecule has 7 nitrogen and oxygen atoms in total. The first kappa shape index (κ1) is 22.5. The lowest BCUT2D eigenvalue weighted by Gasteiger charge is -2.31. The van der Waals surface area contributed by atoms with Gasteiger partial charge in [-0.05, 0) is 56.0 Å². The summed E-state index contributed by atoms with van der Waals surface area (Å²) < 4.78 is 41.7. The van der Waals surface area contributed by atoms with Crippen molar-refractivity contribution in [1.82, 2.24) is 4.90 Å². The Balaban J connectivity index is 1.46. The third kappa shape index (κ3) is 5.05. The lowest BCUT2D eigenvalue weighted by atomic mass is 9.95. The van der Waals surface area contributed by atoms with Gasteiger partial charge in [0.25, 0.3) is 10.0 Å². The number of hydrogen-bond donors (Lipinski definition) is 2. The number of likely N-dealkylation sites (tertiary alicyclic amines) is 1. The summed E-state index contributed by atoms with van der Waals surface area (Å²) in [5.41, 5.74) is 0.256. The number of nitrogens with one attached hydrogen (secondary N) is 2. The van der Waals surface area contributed by atoms with E-state index in [-0.39, 0.29) is 35.0 Å². The Bertz CT molecular complexity index is 1150. The molecule has 0 spiro atoms. The smallest absolute Gasteiger partial charge is 0.264 e. The van der Waals surface area contributed by atoms with E-state index in [1.807, 2.05) is 4.90 Å². The minimum atomic E-state index is -4.22. The van der Waals surface area contributed by atoms with Crippen molar-refractivity contribution in [1.29, 1.82) is 0 Å². The minimum absolute atomic E-state index is 0.0763. The van der Waals surface area contributed by atoms with Crippen LogP contribution in [0.1, 0.15) is 25.7 Å². The quantitative estimate of drug-likeness (QED) is 0.657. The predicted octanol–water partition coefficient (Wildman–Crippen LogP) is 3.87. The SMILES string of the molecule is O=C(Nc1cc(Cl)ccc1NS(=O)(=O)c1ccccc1F)C1CCN(C(=O)C2CC2)CC1. The molecule has 0 bridgehead atoms. The maximum atomic E-state index is 14.0. The standard InChI is InChI=1S/C22H23ClFN3O4S/c23-16-7-8-18(26-32(30,31)20-4-2-1-3-17(20)24)19(13-16)25-21(28)14-9-11-27(12-10-14)22(29)15-5-6-15/h1-4,7-8,13-15,26H,5-6,9-12H2,(H,25,28). The number of rotatable bonds is 6. The van der Waals surface area contributed by atoms with Gasteiger partial charge in [0.15, 0.2) is 0 Å². The highest BCUT2D eigenvalue weighted by molar-refractivity contribution is 7.92. The molecule has 0 radical (unpaired) electrons. The van der Waals surface area contributed by atoms with Gasteiger partial charge in [0.1, 0.15) is 10.7 Å². The monoisotopic (exact) mass is 479 g/mol. The fraction of sp³-hybridized carbons (Fsp3) is 0.364. The van der Waals surface area contributed by atoms with E-state index in [9.17, 15) is 22.4 Å². The Morgan fingerprint density at radius 3 is 2.31 bits per heavy atom. The molecule has 1 saturated carbocycles. The highest BCUT2D eigenvalue weighted by Gasteiger charge is 2.36. The van der Waals surface area contributed by atoms with E-state index in [0.29, 0.717) is 31.0 Å². The molecule has 2 aromatic carbocycles. The van der Waals surface area contributed by atoms with E-state index in [4.69, 9.17) is 11.6 Å². The summed E-state index contributed by atoms with van der Waals surface area (Å²) >= 11 is 6.06. The van der Waals surface area contributed by atoms with Crippen LogP contribution in [0, 0.1) is 17.7 Å². The first-order valence-electron chi connectivity index (χ1n) is 10.4. The molecule has 2 amide bonds. The van der Waals surface area contributed by atoms with Crippen molar-refractivity contribution in [2.75, 3.05) is 23.1 Å². The summed E-state index contributed by atoms with van der Waals surface area (Å²) in [5.74, 6) is -1.15. The van der Waals surface area contributed by atoms with Crippen molar-refractivity contribution < 1.29 is 22.4 Å². The molecule has 2 N–H and O–H groups in total. The maximum Gasteiger partial charge on any atom is 0.264 e. The third-order valence-corrected chi connectivity index (χ3v) is 7.35. The Labute approximate surface area is 191 Å². The molecule has 1 aliphatic carbocycles. The van der Waals surface area contributed by atoms with Gasteiger partial charge in [0, 0.05) is 29.9 Å². The minimum Gasteiger partial charge on any atom is -0.342 e. The summed E-state index contributed by atoms with van der Waals surface area (Å²) in [6, 6.07) is 9.34. The van der Waals surface area contributed by atoms with Gasteiger partial charge in [-0.2, -0.15) is 0 Å². The average molecular weight is 480 g/mol. The van der Waals surface area contributed by atoms with E-state index in [1.54, 1.807) is 0 Å². The van der Waals surface area contributed by atoms with Crippen LogP contribution >= 0.6 is 11.6 Å². The number of sulfonamides is 1. The van der Waals surface area contributed by atoms with E-state index in [1.165, 1.54) is 30.3 Å². The van der Waals surface area contributed by atoms with Crippen LogP contribution in [0.25, 0.3) is 0 Å². The normalized spacial score (nSPS) is 17.1. The largest absolute Gasteiger partial charge is 0.342 e. The molecule has 1 saturated heterocycles. The van der Waals surface area contributed by atoms with Gasteiger partial charge >= 0.3 is 0 Å². The molecule has 0 unspecified atom stereocenters. The Morgan fingerprint density at radius 1 is 0.969 bits per heavy atom. The molecule has 2 aromatic rings. The maximum absolute atomic E-state index is 14.0. The van der Waals surface area contributed by atoms with Crippen LogP contribution in [-0.2, 0) is 19.6 Å². The van der Waals surface area contributed by atoms with Crippen LogP contribution in [0.2, 0.25) is 5.02 Å². The third-order valence-electron chi connectivity index (χ3n) is 5.71. The van der Waals surface area contributed by atoms with Crippen LogP contribution in [0.5, 0.6) is 0 Å². The lowest BCUT2D eigenvalue weighted by molar-refractivity contribution is -0.135. The number of halogens is 2. The second-order valence-corrected chi connectivity index (χ2v) is 10.2. The zero-order valence-corrected chi connectivity index (χ0v) is 18.8. The van der Waals surface area contributed by atoms with Gasteiger partial charge < -0.3 is 10.2 Å². The van der Waals surface area contributed by atoms with Crippen molar-refractivity contribution in [3.63, 3.8) is 0 Å². The highest BCUT2D eigenvalue weighted by Crippen LogP contribution is 2.33. The van der Waals surface area contributed by atoms with Crippen LogP contribution in [0.3, 0.4) is 0 Å². The summed E-state index contributed by atoms with van der Waals surface area (Å²) in [7, 11) is -4.22. The number of carbonyl (C=O) groups excluding carboxylic acids is 2. The van der Waals surface area contributed by atoms with Gasteiger partial charge in [0.2, 0.25) is 11.8 Å². The summed E-state index contributed by atoms with van der Waals surface area (Å²) in [6.45, 7) is 1.05. The topological polar surface area (TPSA) is 95.6 Å². The molecule has 32 heavy (non-hydrogen) atoms. The first-order valence-corrected chi connectivity index (χ1v) is 12.3. The first-order chi connectivity index (χ1) is 15.2. The number of amides is 2. The van der Waals surface area contributed by atoms with E-state index < -0.39 is 20.7 Å². The van der Waals surface area contributed by atoms with Crippen LogP contribution in [-0.4, -0.2) is 38.2 Å². The predicted molar refractivity (Wildman–Crippen MR) is 119 cm³/mol. The fourth-order valence-corrected chi connectivity index (χ4v) is 5.09. The zero-order chi connectivity index (χ0) is 22.9. The molecule has 0 aromatic heterocycles. The summed E-state index contributed by atoms with van der Waals surface area (Å²) in [5, 5.41) is 3.05. The number of piperidine rings is 1. The highest BCUT2D eigenvalue weighted by atomic mass is 35.5. The van der Waals surface area contributed by atoms with Gasteiger partial charge in [-0.3, -0.25) is 14.3 Å². The fourth-order valence-electron chi connectivity index (χ4n) is 3.76. The van der Waals surface area contributed by atoms with Crippen molar-refractivity contribution in [2.45, 2.75) is 30.6 Å². The lowest BCUT2D eigenvalue weighted by Crippen LogP contribution is -2.42. The summed E-state index contributed by atoms with van der Waals surface area (Å²) in [4.78, 5) is 26.4. The van der Waals surface area contributed by atoms with Crippen molar-refractivity contribution >= 4 is 44.8 Å². The number of hydrogen-bond acceptors (Lipinski definition) is 4. The molecule has 4 rings (SSSR count). The van der Waals surface area contributed by atoms with Gasteiger partial charge in [0.05, 0.1) is 11.4 Å². The van der Waals surface area contributed by atoms with E-state index in [2.05, 4.69) is 10.0 Å². The second kappa shape index (κ2) is 9.07. The molecule has 170 valence electrons. The summed E-state index contributed by atoms with van der Waals surface area (Å²) in [6.07, 6.45) is 2.95. The van der Waals surface area contributed by atoms with E-state index in [0.717, 1.165) is 25.0 Å². The average Bonchev–Trinajstić information content (AvgIpc) is 3.61. The zero-order valence-electron chi connectivity index (χ0n) is 17.2. The van der Waals surface area contributed by atoms with Crippen molar-refractivity contribution in [3.05, 3.63) is 53.3 Å². The number of carbonyl (C=O) groups is 2. The number of nitrogens with zero attached hydrogens (tertiary/aromatic N) is 1. The Kier molecular flexibility index (Phi) is 6.39. The van der Waals surface area contributed by atoms with Crippen LogP contribution < -0.4 is 10.0 Å². The Morgan fingerprint density at radius 2 is 1.66 bits per heavy atom. The molecule has 1 aliphatic heterocycles. The molecule has 2 aliphatic rings. The number of benzene rings is 2. The molecule has 10 heteroatoms. The number of anilines is 2. The van der Waals surface area contributed by atoms with E-state index >= 15 is 0 Å². The molecular weight excluding hydrogens is 457 g/mol. The van der Waals surface area contributed by atoms with Crippen molar-refractivity contribution in [2.24, 2.45) is 11.8 Å². The van der Waals surface area contributed by atoms with Gasteiger partial charge in [-0.15, -0.1) is 0 Å². The van der Waals surface area contributed by atoms with Crippen LogP contribution in [0.15, 0.2) is 47.4 Å². The van der Waals surface area contributed by atoms with Gasteiger partial charge in [-0.1, -0.05) is 23.7 Å². The molecule has 0 atom stereocenters. The molecular formula is C22H23ClFN3O4S. The second-order valence-electron chi connectivity index (χ2n) is 8.09. The van der Waals surface area contributed by atoms with Gasteiger partial charge in [-0.25, -0.2) is 12.8 Å².